The summed E-state index contributed by atoms with van der Waals surface area (Å²) in [5, 5.41) is 10.3. The first kappa shape index (κ1) is 50.7. The Kier molecular flexibility index (Phi) is 37.8. The highest BCUT2D eigenvalue weighted by atomic mass is 31.2. The average molecular weight is 766 g/mol. The molecule has 0 fully saturated rings. The second-order valence-electron chi connectivity index (χ2n) is 13.4. The monoisotopic (exact) mass is 766 g/mol. The molecule has 3 atom stereocenters. The minimum absolute atomic E-state index is 0.0488. The summed E-state index contributed by atoms with van der Waals surface area (Å²) in [5.41, 5.74) is 5.34. The van der Waals surface area contributed by atoms with E-state index in [1.807, 2.05) is 18.2 Å². The molecule has 0 aromatic heterocycles. The predicted octanol–water partition coefficient (Wildman–Crippen LogP) is 11.3. The summed E-state index contributed by atoms with van der Waals surface area (Å²) >= 11 is 0. The molecule has 0 heterocycles. The van der Waals surface area contributed by atoms with Gasteiger partial charge in [0, 0.05) is 13.0 Å². The fourth-order valence-corrected chi connectivity index (χ4v) is 5.94. The Morgan fingerprint density at radius 1 is 0.679 bits per heavy atom. The third-order valence-electron chi connectivity index (χ3n) is 8.26. The van der Waals surface area contributed by atoms with Gasteiger partial charge in [-0.05, 0) is 83.1 Å². The maximum atomic E-state index is 12.6. The minimum Gasteiger partial charge on any atom is -0.498 e. The van der Waals surface area contributed by atoms with Crippen LogP contribution in [0.2, 0.25) is 0 Å². The molecule has 1 unspecified atom stereocenters. The van der Waals surface area contributed by atoms with Crippen LogP contribution >= 0.6 is 7.82 Å². The van der Waals surface area contributed by atoms with Gasteiger partial charge in [0.1, 0.15) is 6.61 Å². The fourth-order valence-electron chi connectivity index (χ4n) is 5.18. The molecule has 0 rings (SSSR count). The molecule has 0 aromatic carbocycles. The Bertz CT molecular complexity index is 1050. The molecule has 0 aliphatic heterocycles. The fraction of sp³-hybridized carbons (Fsp3) is 0.698. The molecule has 0 bridgehead atoms. The van der Waals surface area contributed by atoms with Gasteiger partial charge in [0.2, 0.25) is 0 Å². The number of hydrogen-bond donors (Lipinski definition) is 3. The molecule has 0 saturated heterocycles. The van der Waals surface area contributed by atoms with Crippen LogP contribution in [0.15, 0.2) is 73.1 Å². The lowest BCUT2D eigenvalue weighted by molar-refractivity contribution is -0.153. The van der Waals surface area contributed by atoms with Crippen LogP contribution in [0.5, 0.6) is 0 Å². The van der Waals surface area contributed by atoms with E-state index in [-0.39, 0.29) is 32.8 Å². The van der Waals surface area contributed by atoms with Gasteiger partial charge in [0.15, 0.2) is 6.10 Å². The Morgan fingerprint density at radius 3 is 1.89 bits per heavy atom. The number of esters is 1. The normalized spacial score (nSPS) is 14.8. The first-order valence-corrected chi connectivity index (χ1v) is 22.1. The molecular formula is C43H76NO8P. The minimum atomic E-state index is -4.35. The number of carbonyl (C=O) groups excluding carboxylic acids is 1. The number of carbonyl (C=O) groups is 1. The van der Waals surface area contributed by atoms with E-state index in [0.717, 1.165) is 44.9 Å². The van der Waals surface area contributed by atoms with Crippen LogP contribution in [0.4, 0.5) is 0 Å². The van der Waals surface area contributed by atoms with Gasteiger partial charge in [-0.2, -0.15) is 0 Å². The summed E-state index contributed by atoms with van der Waals surface area (Å²) in [6.07, 6.45) is 46.1. The quantitative estimate of drug-likeness (QED) is 0.0140. The van der Waals surface area contributed by atoms with E-state index in [1.165, 1.54) is 77.0 Å². The van der Waals surface area contributed by atoms with Crippen LogP contribution in [0.1, 0.15) is 155 Å². The summed E-state index contributed by atoms with van der Waals surface area (Å²) in [5.74, 6) is -0.516. The van der Waals surface area contributed by atoms with E-state index in [4.69, 9.17) is 24.3 Å². The third kappa shape index (κ3) is 39.3. The topological polar surface area (TPSA) is 138 Å². The molecule has 9 nitrogen and oxygen atoms in total. The molecular weight excluding hydrogens is 689 g/mol. The molecule has 0 radical (unpaired) electrons. The van der Waals surface area contributed by atoms with Crippen LogP contribution in [0.3, 0.4) is 0 Å². The number of phosphoric acid groups is 1. The highest BCUT2D eigenvalue weighted by Gasteiger charge is 2.25. The van der Waals surface area contributed by atoms with Crippen molar-refractivity contribution in [3.63, 3.8) is 0 Å². The van der Waals surface area contributed by atoms with Crippen molar-refractivity contribution >= 4 is 13.8 Å². The summed E-state index contributed by atoms with van der Waals surface area (Å²) in [6.45, 7) is 3.95. The van der Waals surface area contributed by atoms with Gasteiger partial charge in [-0.3, -0.25) is 13.8 Å². The second-order valence-corrected chi connectivity index (χ2v) is 14.9. The van der Waals surface area contributed by atoms with Crippen LogP contribution in [0.25, 0.3) is 0 Å². The number of aliphatic hydroxyl groups is 1. The Hall–Kier alpha value is -2.26. The van der Waals surface area contributed by atoms with E-state index in [2.05, 4.69) is 50.3 Å². The SMILES string of the molecule is CCCCC/C=C\C/C=C\C/C=C\C=C\[C@@H](O)CCCC(=O)O[C@H](CO/C=C\CCCCCC/C=C\CCCCCCCC)COP(=O)(O)OCCN. The molecule has 0 aliphatic rings. The highest BCUT2D eigenvalue weighted by molar-refractivity contribution is 7.47. The summed E-state index contributed by atoms with van der Waals surface area (Å²) in [6, 6.07) is 0. The summed E-state index contributed by atoms with van der Waals surface area (Å²) in [4.78, 5) is 22.4. The van der Waals surface area contributed by atoms with Crippen molar-refractivity contribution in [3.8, 4) is 0 Å². The van der Waals surface area contributed by atoms with E-state index >= 15 is 0 Å². The number of hydrogen-bond acceptors (Lipinski definition) is 8. The lowest BCUT2D eigenvalue weighted by atomic mass is 10.1. The smallest absolute Gasteiger partial charge is 0.472 e. The molecule has 0 amide bonds. The molecule has 0 spiro atoms. The summed E-state index contributed by atoms with van der Waals surface area (Å²) < 4.78 is 33.0. The van der Waals surface area contributed by atoms with Crippen LogP contribution in [-0.4, -0.2) is 54.5 Å². The van der Waals surface area contributed by atoms with E-state index in [9.17, 15) is 19.4 Å². The predicted molar refractivity (Wildman–Crippen MR) is 220 cm³/mol. The van der Waals surface area contributed by atoms with Crippen molar-refractivity contribution in [3.05, 3.63) is 73.1 Å². The number of aliphatic hydroxyl groups excluding tert-OH is 1. The van der Waals surface area contributed by atoms with Crippen LogP contribution < -0.4 is 5.73 Å². The zero-order chi connectivity index (χ0) is 38.9. The van der Waals surface area contributed by atoms with Gasteiger partial charge in [-0.15, -0.1) is 0 Å². The lowest BCUT2D eigenvalue weighted by Crippen LogP contribution is -2.28. The number of rotatable bonds is 38. The molecule has 0 aromatic rings. The van der Waals surface area contributed by atoms with Crippen molar-refractivity contribution in [1.82, 2.24) is 0 Å². The van der Waals surface area contributed by atoms with Gasteiger partial charge in [-0.1, -0.05) is 132 Å². The molecule has 0 saturated carbocycles. The second kappa shape index (κ2) is 39.4. The summed E-state index contributed by atoms with van der Waals surface area (Å²) in [7, 11) is -4.35. The van der Waals surface area contributed by atoms with Gasteiger partial charge < -0.3 is 25.2 Å². The average Bonchev–Trinajstić information content (AvgIpc) is 3.14. The number of unbranched alkanes of at least 4 members (excludes halogenated alkanes) is 14. The van der Waals surface area contributed by atoms with Gasteiger partial charge in [0.05, 0.1) is 25.6 Å². The van der Waals surface area contributed by atoms with Crippen molar-refractivity contribution < 1.29 is 37.9 Å². The largest absolute Gasteiger partial charge is 0.498 e. The van der Waals surface area contributed by atoms with Crippen molar-refractivity contribution in [2.75, 3.05) is 26.4 Å². The zero-order valence-corrected chi connectivity index (χ0v) is 34.2. The third-order valence-corrected chi connectivity index (χ3v) is 9.25. The highest BCUT2D eigenvalue weighted by Crippen LogP contribution is 2.43. The van der Waals surface area contributed by atoms with Crippen LogP contribution in [-0.2, 0) is 27.9 Å². The first-order valence-electron chi connectivity index (χ1n) is 20.6. The van der Waals surface area contributed by atoms with Crippen molar-refractivity contribution in [2.45, 2.75) is 167 Å². The molecule has 53 heavy (non-hydrogen) atoms. The molecule has 0 aliphatic carbocycles. The Labute approximate surface area is 323 Å². The number of ether oxygens (including phenoxy) is 2. The van der Waals surface area contributed by atoms with Crippen molar-refractivity contribution in [2.24, 2.45) is 5.73 Å². The maximum absolute atomic E-state index is 12.6. The number of allylic oxidation sites excluding steroid dienone is 10. The van der Waals surface area contributed by atoms with Gasteiger partial charge in [0.25, 0.3) is 0 Å². The van der Waals surface area contributed by atoms with Gasteiger partial charge in [-0.25, -0.2) is 4.57 Å². The molecule has 306 valence electrons. The Balaban J connectivity index is 4.36. The first-order chi connectivity index (χ1) is 25.8. The van der Waals surface area contributed by atoms with E-state index in [0.29, 0.717) is 12.8 Å². The van der Waals surface area contributed by atoms with Crippen LogP contribution in [0, 0.1) is 0 Å². The molecule has 4 N–H and O–H groups in total. The zero-order valence-electron chi connectivity index (χ0n) is 33.3. The van der Waals surface area contributed by atoms with E-state index < -0.39 is 26.0 Å². The van der Waals surface area contributed by atoms with Gasteiger partial charge >= 0.3 is 13.8 Å². The number of nitrogens with two attached hydrogens (primary N) is 1. The van der Waals surface area contributed by atoms with Crippen molar-refractivity contribution in [1.29, 1.82) is 0 Å². The molecule has 10 heteroatoms. The van der Waals surface area contributed by atoms with E-state index in [1.54, 1.807) is 18.4 Å². The lowest BCUT2D eigenvalue weighted by Gasteiger charge is -2.19. The Morgan fingerprint density at radius 2 is 1.23 bits per heavy atom. The standard InChI is InChI=1S/C43H76NO8P/c1-3-5-7-9-11-13-15-17-18-19-21-23-25-27-29-31-37-49-39-42(40-51-53(47,48)50-38-36-44)52-43(46)35-32-34-41(45)33-30-28-26-24-22-20-16-14-12-10-8-6-4-2/h12,14,17-18,20,22,26,28,30-31,33,37,41-42,45H,3-11,13,15-16,19,21,23-25,27,29,32,34-36,38-40,44H2,1-2H3,(H,47,48)/b14-12-,18-17-,22-20-,28-26-,33-30+,37-31-/t41-,42-/m1/s1. The number of phosphoric ester groups is 1. The maximum Gasteiger partial charge on any atom is 0.472 e.